The third-order valence-electron chi connectivity index (χ3n) is 3.57. The zero-order valence-corrected chi connectivity index (χ0v) is 15.5. The Labute approximate surface area is 152 Å². The molecule has 2 rings (SSSR count). The van der Waals surface area contributed by atoms with Crippen LogP contribution in [0.15, 0.2) is 46.8 Å². The van der Waals surface area contributed by atoms with E-state index >= 15 is 0 Å². The van der Waals surface area contributed by atoms with Crippen molar-refractivity contribution < 1.29 is 4.92 Å². The first-order valence-electron chi connectivity index (χ1n) is 8.27. The lowest BCUT2D eigenvalue weighted by Gasteiger charge is -2.18. The number of guanidine groups is 1. The van der Waals surface area contributed by atoms with Gasteiger partial charge in [-0.05, 0) is 29.9 Å². The number of hydrogen-bond acceptors (Lipinski definition) is 4. The molecule has 6 nitrogen and oxygen atoms in total. The lowest BCUT2D eigenvalue weighted by molar-refractivity contribution is -0.384. The number of nitrogens with one attached hydrogen (secondary N) is 2. The second-order valence-electron chi connectivity index (χ2n) is 6.24. The molecule has 0 fully saturated rings. The van der Waals surface area contributed by atoms with Crippen LogP contribution in [0.5, 0.6) is 0 Å². The summed E-state index contributed by atoms with van der Waals surface area (Å²) < 4.78 is 0. The van der Waals surface area contributed by atoms with E-state index in [4.69, 9.17) is 0 Å². The van der Waals surface area contributed by atoms with Crippen LogP contribution in [-0.4, -0.2) is 17.4 Å². The molecule has 0 aliphatic heterocycles. The van der Waals surface area contributed by atoms with Crippen LogP contribution >= 0.6 is 11.3 Å². The summed E-state index contributed by atoms with van der Waals surface area (Å²) in [5.74, 6) is 1.25. The van der Waals surface area contributed by atoms with E-state index in [0.717, 1.165) is 18.1 Å². The summed E-state index contributed by atoms with van der Waals surface area (Å²) in [6.45, 7) is 7.67. The fraction of sp³-hybridized carbons (Fsp3) is 0.389. The standard InChI is InChI=1S/C18H24N4O2S/c1-13(2)11-19-18(21-14(3)17-5-4-10-25-17)20-12-15-6-8-16(9-7-15)22(23)24/h4-10,13-14H,11-12H2,1-3H3,(H2,19,20,21). The van der Waals surface area contributed by atoms with Gasteiger partial charge in [0, 0.05) is 23.6 Å². The molecule has 1 atom stereocenters. The zero-order valence-electron chi connectivity index (χ0n) is 14.7. The lowest BCUT2D eigenvalue weighted by atomic mass is 10.2. The molecule has 1 unspecified atom stereocenters. The first kappa shape index (κ1) is 18.9. The van der Waals surface area contributed by atoms with Crippen molar-refractivity contribution in [1.29, 1.82) is 0 Å². The quantitative estimate of drug-likeness (QED) is 0.337. The zero-order chi connectivity index (χ0) is 18.2. The summed E-state index contributed by atoms with van der Waals surface area (Å²) in [4.78, 5) is 16.2. The van der Waals surface area contributed by atoms with Gasteiger partial charge in [0.25, 0.3) is 5.69 Å². The van der Waals surface area contributed by atoms with E-state index in [1.165, 1.54) is 17.0 Å². The van der Waals surface area contributed by atoms with Crippen molar-refractivity contribution in [3.05, 3.63) is 62.3 Å². The highest BCUT2D eigenvalue weighted by molar-refractivity contribution is 7.10. The molecule has 1 heterocycles. The molecule has 0 aliphatic rings. The predicted octanol–water partition coefficient (Wildman–Crippen LogP) is 4.11. The van der Waals surface area contributed by atoms with Crippen LogP contribution in [0, 0.1) is 16.0 Å². The molecule has 1 aromatic heterocycles. The van der Waals surface area contributed by atoms with E-state index in [2.05, 4.69) is 47.8 Å². The minimum atomic E-state index is -0.396. The molecule has 25 heavy (non-hydrogen) atoms. The first-order valence-corrected chi connectivity index (χ1v) is 9.15. The molecule has 0 radical (unpaired) electrons. The van der Waals surface area contributed by atoms with Crippen molar-refractivity contribution in [3.63, 3.8) is 0 Å². The van der Waals surface area contributed by atoms with Crippen LogP contribution in [0.25, 0.3) is 0 Å². The van der Waals surface area contributed by atoms with Gasteiger partial charge in [0.15, 0.2) is 5.96 Å². The predicted molar refractivity (Wildman–Crippen MR) is 103 cm³/mol. The lowest BCUT2D eigenvalue weighted by Crippen LogP contribution is -2.40. The van der Waals surface area contributed by atoms with Gasteiger partial charge in [-0.25, -0.2) is 4.99 Å². The second kappa shape index (κ2) is 9.17. The Morgan fingerprint density at radius 1 is 1.24 bits per heavy atom. The molecule has 0 amide bonds. The number of rotatable bonds is 7. The van der Waals surface area contributed by atoms with E-state index in [-0.39, 0.29) is 11.7 Å². The van der Waals surface area contributed by atoms with Crippen LogP contribution in [0.4, 0.5) is 5.69 Å². The van der Waals surface area contributed by atoms with E-state index < -0.39 is 4.92 Å². The minimum Gasteiger partial charge on any atom is -0.356 e. The van der Waals surface area contributed by atoms with Gasteiger partial charge in [0.2, 0.25) is 0 Å². The molecular weight excluding hydrogens is 336 g/mol. The molecule has 134 valence electrons. The van der Waals surface area contributed by atoms with Gasteiger partial charge in [0.05, 0.1) is 17.5 Å². The van der Waals surface area contributed by atoms with Crippen LogP contribution in [0.3, 0.4) is 0 Å². The number of benzene rings is 1. The Bertz CT molecular complexity index is 696. The highest BCUT2D eigenvalue weighted by Gasteiger charge is 2.10. The van der Waals surface area contributed by atoms with E-state index in [9.17, 15) is 10.1 Å². The molecule has 0 saturated carbocycles. The Hall–Kier alpha value is -2.41. The molecule has 7 heteroatoms. The average Bonchev–Trinajstić information content (AvgIpc) is 3.12. The van der Waals surface area contributed by atoms with E-state index in [1.807, 2.05) is 6.07 Å². The maximum absolute atomic E-state index is 10.7. The molecule has 0 saturated heterocycles. The van der Waals surface area contributed by atoms with Gasteiger partial charge in [-0.1, -0.05) is 32.0 Å². The Kier molecular flexibility index (Phi) is 6.94. The van der Waals surface area contributed by atoms with Crippen molar-refractivity contribution in [2.75, 3.05) is 6.54 Å². The third-order valence-corrected chi connectivity index (χ3v) is 4.62. The number of nitro benzene ring substituents is 1. The first-order chi connectivity index (χ1) is 12.0. The Morgan fingerprint density at radius 2 is 1.96 bits per heavy atom. The van der Waals surface area contributed by atoms with Crippen LogP contribution in [0.1, 0.15) is 37.3 Å². The summed E-state index contributed by atoms with van der Waals surface area (Å²) in [5.41, 5.74) is 1.02. The smallest absolute Gasteiger partial charge is 0.269 e. The fourth-order valence-corrected chi connectivity index (χ4v) is 2.90. The molecule has 2 N–H and O–H groups in total. The molecule has 0 bridgehead atoms. The summed E-state index contributed by atoms with van der Waals surface area (Å²) in [7, 11) is 0. The van der Waals surface area contributed by atoms with Crippen LogP contribution < -0.4 is 10.6 Å². The number of nitro groups is 1. The molecule has 0 aliphatic carbocycles. The van der Waals surface area contributed by atoms with Crippen molar-refractivity contribution in [2.24, 2.45) is 10.9 Å². The largest absolute Gasteiger partial charge is 0.356 e. The van der Waals surface area contributed by atoms with Gasteiger partial charge in [-0.15, -0.1) is 11.3 Å². The Morgan fingerprint density at radius 3 is 2.52 bits per heavy atom. The maximum Gasteiger partial charge on any atom is 0.269 e. The van der Waals surface area contributed by atoms with E-state index in [1.54, 1.807) is 23.5 Å². The Balaban J connectivity index is 2.05. The summed E-state index contributed by atoms with van der Waals surface area (Å²) in [6, 6.07) is 10.8. The van der Waals surface area contributed by atoms with Crippen molar-refractivity contribution >= 4 is 23.0 Å². The summed E-state index contributed by atoms with van der Waals surface area (Å²) in [6.07, 6.45) is 0. The SMILES string of the molecule is CC(C)CNC(=NCc1ccc([N+](=O)[O-])cc1)NC(C)c1cccs1. The van der Waals surface area contributed by atoms with Gasteiger partial charge in [0.1, 0.15) is 0 Å². The van der Waals surface area contributed by atoms with Crippen LogP contribution in [-0.2, 0) is 6.54 Å². The third kappa shape index (κ3) is 6.19. The fourth-order valence-electron chi connectivity index (χ4n) is 2.16. The molecule has 1 aromatic carbocycles. The van der Waals surface area contributed by atoms with Gasteiger partial charge < -0.3 is 10.6 Å². The number of nitrogens with zero attached hydrogens (tertiary/aromatic N) is 2. The number of non-ortho nitro benzene ring substituents is 1. The van der Waals surface area contributed by atoms with Crippen molar-refractivity contribution in [3.8, 4) is 0 Å². The second-order valence-corrected chi connectivity index (χ2v) is 7.22. The van der Waals surface area contributed by atoms with Crippen molar-refractivity contribution in [2.45, 2.75) is 33.4 Å². The molecule has 0 spiro atoms. The van der Waals surface area contributed by atoms with E-state index in [0.29, 0.717) is 12.5 Å². The highest BCUT2D eigenvalue weighted by atomic mass is 32.1. The molecular formula is C18H24N4O2S. The summed E-state index contributed by atoms with van der Waals surface area (Å²) >= 11 is 1.71. The maximum atomic E-state index is 10.7. The topological polar surface area (TPSA) is 79.6 Å². The van der Waals surface area contributed by atoms with Gasteiger partial charge in [-0.2, -0.15) is 0 Å². The number of hydrogen-bond donors (Lipinski definition) is 2. The van der Waals surface area contributed by atoms with Crippen molar-refractivity contribution in [1.82, 2.24) is 10.6 Å². The normalized spacial score (nSPS) is 12.9. The van der Waals surface area contributed by atoms with Gasteiger partial charge >= 0.3 is 0 Å². The number of aliphatic imine (C=N–C) groups is 1. The molecule has 2 aromatic rings. The number of thiophene rings is 1. The highest BCUT2D eigenvalue weighted by Crippen LogP contribution is 2.18. The minimum absolute atomic E-state index is 0.0929. The summed E-state index contributed by atoms with van der Waals surface area (Å²) in [5, 5.41) is 19.5. The average molecular weight is 360 g/mol. The van der Waals surface area contributed by atoms with Gasteiger partial charge in [-0.3, -0.25) is 10.1 Å². The monoisotopic (exact) mass is 360 g/mol. The van der Waals surface area contributed by atoms with Crippen LogP contribution in [0.2, 0.25) is 0 Å².